The molecule has 4 nitrogen and oxygen atoms in total. The summed E-state index contributed by atoms with van der Waals surface area (Å²) in [5.41, 5.74) is 4.98. The summed E-state index contributed by atoms with van der Waals surface area (Å²) >= 11 is 0. The van der Waals surface area contributed by atoms with Gasteiger partial charge in [-0.05, 0) is 45.1 Å². The molecule has 0 aromatic heterocycles. The molecule has 0 aromatic carbocycles. The van der Waals surface area contributed by atoms with E-state index in [-0.39, 0.29) is 5.91 Å². The van der Waals surface area contributed by atoms with Crippen molar-refractivity contribution in [3.63, 3.8) is 0 Å². The van der Waals surface area contributed by atoms with Gasteiger partial charge >= 0.3 is 0 Å². The Balaban J connectivity index is 2.34. The molecule has 2 atom stereocenters. The molecule has 1 saturated heterocycles. The van der Waals surface area contributed by atoms with Gasteiger partial charge in [-0.25, -0.2) is 0 Å². The quantitative estimate of drug-likeness (QED) is 0.710. The van der Waals surface area contributed by atoms with Crippen LogP contribution in [0.15, 0.2) is 0 Å². The third kappa shape index (κ3) is 4.28. The Hall–Kier alpha value is -0.610. The van der Waals surface area contributed by atoms with Gasteiger partial charge in [0, 0.05) is 13.2 Å². The van der Waals surface area contributed by atoms with Crippen molar-refractivity contribution in [2.24, 2.45) is 11.7 Å². The maximum absolute atomic E-state index is 12.0. The first kappa shape index (κ1) is 14.5. The van der Waals surface area contributed by atoms with Crippen LogP contribution in [-0.2, 0) is 9.53 Å². The smallest absolute Gasteiger partial charge is 0.251 e. The van der Waals surface area contributed by atoms with Gasteiger partial charge in [0.1, 0.15) is 5.60 Å². The molecule has 0 aromatic rings. The van der Waals surface area contributed by atoms with E-state index in [1.165, 1.54) is 0 Å². The maximum Gasteiger partial charge on any atom is 0.251 e. The Morgan fingerprint density at radius 2 is 2.29 bits per heavy atom. The second-order valence-corrected chi connectivity index (χ2v) is 5.12. The van der Waals surface area contributed by atoms with Crippen LogP contribution in [0.1, 0.15) is 46.0 Å². The predicted octanol–water partition coefficient (Wildman–Crippen LogP) is 1.44. The molecule has 1 amide bonds. The zero-order valence-electron chi connectivity index (χ0n) is 11.1. The summed E-state index contributed by atoms with van der Waals surface area (Å²) < 4.78 is 5.52. The number of hydrogen-bond acceptors (Lipinski definition) is 3. The lowest BCUT2D eigenvalue weighted by Gasteiger charge is -2.24. The van der Waals surface area contributed by atoms with Gasteiger partial charge in [0.2, 0.25) is 0 Å². The zero-order valence-corrected chi connectivity index (χ0v) is 11.1. The van der Waals surface area contributed by atoms with Gasteiger partial charge in [-0.15, -0.1) is 0 Å². The molecule has 100 valence electrons. The van der Waals surface area contributed by atoms with Crippen molar-refractivity contribution in [3.8, 4) is 0 Å². The standard InChI is InChI=1S/C13H26N2O2/c1-3-5-11(6-8-14)10-15-12(16)13(2)7-4-9-17-13/h11H,3-10,14H2,1-2H3,(H,15,16). The first-order valence-corrected chi connectivity index (χ1v) is 6.74. The van der Waals surface area contributed by atoms with Gasteiger partial charge in [-0.2, -0.15) is 0 Å². The lowest BCUT2D eigenvalue weighted by atomic mass is 9.98. The molecule has 0 spiro atoms. The normalized spacial score (nSPS) is 25.8. The van der Waals surface area contributed by atoms with Gasteiger partial charge < -0.3 is 15.8 Å². The van der Waals surface area contributed by atoms with Crippen LogP contribution in [0.4, 0.5) is 0 Å². The van der Waals surface area contributed by atoms with Crippen LogP contribution in [-0.4, -0.2) is 31.2 Å². The number of carbonyl (C=O) groups excluding carboxylic acids is 1. The number of rotatable bonds is 7. The van der Waals surface area contributed by atoms with Crippen LogP contribution < -0.4 is 11.1 Å². The van der Waals surface area contributed by atoms with Gasteiger partial charge in [0.15, 0.2) is 0 Å². The number of ether oxygens (including phenoxy) is 1. The minimum Gasteiger partial charge on any atom is -0.365 e. The minimum absolute atomic E-state index is 0.0353. The monoisotopic (exact) mass is 242 g/mol. The van der Waals surface area contributed by atoms with Gasteiger partial charge in [0.25, 0.3) is 5.91 Å². The summed E-state index contributed by atoms with van der Waals surface area (Å²) in [6.07, 6.45) is 5.04. The molecule has 2 unspecified atom stereocenters. The van der Waals surface area contributed by atoms with E-state index in [1.807, 2.05) is 6.92 Å². The average molecular weight is 242 g/mol. The van der Waals surface area contributed by atoms with Crippen molar-refractivity contribution in [2.45, 2.75) is 51.6 Å². The van der Waals surface area contributed by atoms with Crippen LogP contribution in [0.3, 0.4) is 0 Å². The van der Waals surface area contributed by atoms with Crippen LogP contribution in [0.2, 0.25) is 0 Å². The SMILES string of the molecule is CCCC(CCN)CNC(=O)C1(C)CCCO1. The molecule has 1 rings (SSSR count). The average Bonchev–Trinajstić information content (AvgIpc) is 2.74. The summed E-state index contributed by atoms with van der Waals surface area (Å²) in [7, 11) is 0. The molecule has 0 aliphatic carbocycles. The fourth-order valence-electron chi connectivity index (χ4n) is 2.37. The van der Waals surface area contributed by atoms with Crippen LogP contribution >= 0.6 is 0 Å². The summed E-state index contributed by atoms with van der Waals surface area (Å²) in [5, 5.41) is 3.02. The largest absolute Gasteiger partial charge is 0.365 e. The molecular formula is C13H26N2O2. The van der Waals surface area contributed by atoms with Crippen molar-refractivity contribution in [1.82, 2.24) is 5.32 Å². The highest BCUT2D eigenvalue weighted by atomic mass is 16.5. The molecular weight excluding hydrogens is 216 g/mol. The second kappa shape index (κ2) is 6.97. The summed E-state index contributed by atoms with van der Waals surface area (Å²) in [5.74, 6) is 0.534. The third-order valence-electron chi connectivity index (χ3n) is 3.52. The Bertz CT molecular complexity index is 232. The Morgan fingerprint density at radius 1 is 1.53 bits per heavy atom. The molecule has 4 heteroatoms. The lowest BCUT2D eigenvalue weighted by Crippen LogP contribution is -2.45. The Labute approximate surface area is 104 Å². The topological polar surface area (TPSA) is 64.3 Å². The fraction of sp³-hybridized carbons (Fsp3) is 0.923. The van der Waals surface area contributed by atoms with Crippen LogP contribution in [0, 0.1) is 5.92 Å². The summed E-state index contributed by atoms with van der Waals surface area (Å²) in [6.45, 7) is 6.15. The molecule has 0 saturated carbocycles. The first-order valence-electron chi connectivity index (χ1n) is 6.74. The highest BCUT2D eigenvalue weighted by Gasteiger charge is 2.37. The highest BCUT2D eigenvalue weighted by Crippen LogP contribution is 2.25. The number of carbonyl (C=O) groups is 1. The van der Waals surface area contributed by atoms with Crippen molar-refractivity contribution in [2.75, 3.05) is 19.7 Å². The zero-order chi connectivity index (χ0) is 12.7. The molecule has 1 heterocycles. The van der Waals surface area contributed by atoms with E-state index in [9.17, 15) is 4.79 Å². The van der Waals surface area contributed by atoms with Gasteiger partial charge in [-0.1, -0.05) is 13.3 Å². The summed E-state index contributed by atoms with van der Waals surface area (Å²) in [4.78, 5) is 12.0. The Kier molecular flexibility index (Phi) is 5.92. The number of nitrogens with two attached hydrogens (primary N) is 1. The molecule has 3 N–H and O–H groups in total. The van der Waals surface area contributed by atoms with Crippen molar-refractivity contribution >= 4 is 5.91 Å². The number of hydrogen-bond donors (Lipinski definition) is 2. The number of amides is 1. The maximum atomic E-state index is 12.0. The van der Waals surface area contributed by atoms with E-state index in [0.717, 1.165) is 38.6 Å². The number of nitrogens with one attached hydrogen (secondary N) is 1. The third-order valence-corrected chi connectivity index (χ3v) is 3.52. The molecule has 17 heavy (non-hydrogen) atoms. The second-order valence-electron chi connectivity index (χ2n) is 5.12. The lowest BCUT2D eigenvalue weighted by molar-refractivity contribution is -0.139. The molecule has 1 aliphatic rings. The van der Waals surface area contributed by atoms with Crippen molar-refractivity contribution < 1.29 is 9.53 Å². The van der Waals surface area contributed by atoms with Crippen molar-refractivity contribution in [3.05, 3.63) is 0 Å². The molecule has 0 radical (unpaired) electrons. The predicted molar refractivity (Wildman–Crippen MR) is 68.7 cm³/mol. The molecule has 1 aliphatic heterocycles. The summed E-state index contributed by atoms with van der Waals surface area (Å²) in [6, 6.07) is 0. The van der Waals surface area contributed by atoms with E-state index >= 15 is 0 Å². The Morgan fingerprint density at radius 3 is 2.82 bits per heavy atom. The first-order chi connectivity index (χ1) is 8.12. The molecule has 1 fully saturated rings. The van der Waals surface area contributed by atoms with Gasteiger partial charge in [0.05, 0.1) is 0 Å². The van der Waals surface area contributed by atoms with Crippen LogP contribution in [0.25, 0.3) is 0 Å². The minimum atomic E-state index is -0.598. The fourth-order valence-corrected chi connectivity index (χ4v) is 2.37. The van der Waals surface area contributed by atoms with Crippen molar-refractivity contribution in [1.29, 1.82) is 0 Å². The van der Waals surface area contributed by atoms with E-state index in [4.69, 9.17) is 10.5 Å². The van der Waals surface area contributed by atoms with Crippen LogP contribution in [0.5, 0.6) is 0 Å². The van der Waals surface area contributed by atoms with E-state index in [0.29, 0.717) is 19.1 Å². The van der Waals surface area contributed by atoms with Gasteiger partial charge in [-0.3, -0.25) is 4.79 Å². The van der Waals surface area contributed by atoms with E-state index in [2.05, 4.69) is 12.2 Å². The van der Waals surface area contributed by atoms with E-state index in [1.54, 1.807) is 0 Å². The molecule has 0 bridgehead atoms. The highest BCUT2D eigenvalue weighted by molar-refractivity contribution is 5.84. The van der Waals surface area contributed by atoms with E-state index < -0.39 is 5.60 Å².